The summed E-state index contributed by atoms with van der Waals surface area (Å²) in [5.41, 5.74) is 7.81. The van der Waals surface area contributed by atoms with Crippen molar-refractivity contribution in [2.24, 2.45) is 5.10 Å². The third kappa shape index (κ3) is 3.20. The Morgan fingerprint density at radius 1 is 1.46 bits per heavy atom. The summed E-state index contributed by atoms with van der Waals surface area (Å²) < 4.78 is 5.22. The summed E-state index contributed by atoms with van der Waals surface area (Å²) in [6.45, 7) is 9.03. The number of carbonyl (C=O) groups is 1. The fourth-order valence-corrected chi connectivity index (χ4v) is 3.22. The van der Waals surface area contributed by atoms with Crippen molar-refractivity contribution in [3.63, 3.8) is 0 Å². The van der Waals surface area contributed by atoms with Gasteiger partial charge < -0.3 is 9.64 Å². The van der Waals surface area contributed by atoms with Gasteiger partial charge in [-0.3, -0.25) is 5.43 Å². The summed E-state index contributed by atoms with van der Waals surface area (Å²) in [6.07, 6.45) is 5.71. The number of aryl methyl sites for hydroxylation is 1. The van der Waals surface area contributed by atoms with Crippen molar-refractivity contribution in [3.05, 3.63) is 53.8 Å². The van der Waals surface area contributed by atoms with E-state index in [1.165, 1.54) is 0 Å². The molecule has 5 heteroatoms. The summed E-state index contributed by atoms with van der Waals surface area (Å²) in [7, 11) is 0. The van der Waals surface area contributed by atoms with Crippen LogP contribution in [0.5, 0.6) is 0 Å². The monoisotopic (exact) mass is 325 g/mol. The lowest BCUT2D eigenvalue weighted by atomic mass is 10.0. The van der Waals surface area contributed by atoms with Crippen LogP contribution in [0.3, 0.4) is 0 Å². The minimum Gasteiger partial charge on any atom is -0.464 e. The number of esters is 1. The molecule has 2 aliphatic heterocycles. The Hall–Kier alpha value is -2.56. The summed E-state index contributed by atoms with van der Waals surface area (Å²) in [4.78, 5) is 14.3. The Labute approximate surface area is 142 Å². The maximum Gasteiger partial charge on any atom is 0.328 e. The number of allylic oxidation sites excluding steroid dienone is 2. The van der Waals surface area contributed by atoms with Gasteiger partial charge in [-0.05, 0) is 56.5 Å². The first-order valence-corrected chi connectivity index (χ1v) is 8.35. The normalized spacial score (nSPS) is 19.9. The lowest BCUT2D eigenvalue weighted by Gasteiger charge is -2.27. The molecule has 126 valence electrons. The molecule has 1 unspecified atom stereocenters. The first kappa shape index (κ1) is 16.3. The van der Waals surface area contributed by atoms with Gasteiger partial charge in [-0.1, -0.05) is 12.6 Å². The molecule has 1 aromatic rings. The van der Waals surface area contributed by atoms with Gasteiger partial charge in [-0.15, -0.1) is 0 Å². The predicted octanol–water partition coefficient (Wildman–Crippen LogP) is 2.90. The molecule has 1 saturated heterocycles. The van der Waals surface area contributed by atoms with Crippen molar-refractivity contribution in [3.8, 4) is 0 Å². The van der Waals surface area contributed by atoms with E-state index in [4.69, 9.17) is 4.74 Å². The topological polar surface area (TPSA) is 53.9 Å². The van der Waals surface area contributed by atoms with E-state index < -0.39 is 0 Å². The number of benzene rings is 1. The summed E-state index contributed by atoms with van der Waals surface area (Å²) >= 11 is 0. The number of hydrogen-bond donors (Lipinski definition) is 1. The highest BCUT2D eigenvalue weighted by molar-refractivity contribution is 6.09. The molecule has 2 heterocycles. The third-order valence-electron chi connectivity index (χ3n) is 4.38. The molecular formula is C19H23N3O2. The van der Waals surface area contributed by atoms with Crippen molar-refractivity contribution in [1.29, 1.82) is 0 Å². The molecule has 1 N–H and O–H groups in total. The highest BCUT2D eigenvalue weighted by Crippen LogP contribution is 2.30. The predicted molar refractivity (Wildman–Crippen MR) is 96.1 cm³/mol. The number of rotatable bonds is 4. The SMILES string of the molecule is C=C1C=CC(c2ccc(N3CCCC3C(=O)OCC)c(C)c2)=NN1. The standard InChI is InChI=1S/C19H23N3O2/c1-4-24-19(23)18-6-5-11-22(18)17-10-8-15(12-13(17)2)16-9-7-14(3)20-21-16/h7-10,12,18,20H,3-6,11H2,1-2H3. The summed E-state index contributed by atoms with van der Waals surface area (Å²) in [5, 5.41) is 4.31. The fraction of sp³-hybridized carbons (Fsp3) is 0.368. The van der Waals surface area contributed by atoms with E-state index in [1.54, 1.807) is 0 Å². The molecule has 2 aliphatic rings. The van der Waals surface area contributed by atoms with Crippen LogP contribution >= 0.6 is 0 Å². The van der Waals surface area contributed by atoms with E-state index in [9.17, 15) is 4.79 Å². The van der Waals surface area contributed by atoms with Crippen LogP contribution in [0.2, 0.25) is 0 Å². The zero-order valence-electron chi connectivity index (χ0n) is 14.2. The van der Waals surface area contributed by atoms with Crippen molar-refractivity contribution in [2.75, 3.05) is 18.1 Å². The first-order valence-electron chi connectivity index (χ1n) is 8.35. The zero-order valence-corrected chi connectivity index (χ0v) is 14.2. The number of hydrogen-bond acceptors (Lipinski definition) is 5. The smallest absolute Gasteiger partial charge is 0.328 e. The lowest BCUT2D eigenvalue weighted by molar-refractivity contribution is -0.144. The van der Waals surface area contributed by atoms with Crippen LogP contribution < -0.4 is 10.3 Å². The van der Waals surface area contributed by atoms with Crippen molar-refractivity contribution < 1.29 is 9.53 Å². The number of carbonyl (C=O) groups excluding carboxylic acids is 1. The molecule has 1 fully saturated rings. The van der Waals surface area contributed by atoms with Gasteiger partial charge in [-0.25, -0.2) is 4.79 Å². The van der Waals surface area contributed by atoms with Gasteiger partial charge >= 0.3 is 5.97 Å². The highest BCUT2D eigenvalue weighted by atomic mass is 16.5. The minimum atomic E-state index is -0.175. The van der Waals surface area contributed by atoms with Crippen molar-refractivity contribution >= 4 is 17.4 Å². The average molecular weight is 325 g/mol. The Morgan fingerprint density at radius 3 is 2.96 bits per heavy atom. The highest BCUT2D eigenvalue weighted by Gasteiger charge is 2.32. The molecule has 3 rings (SSSR count). The summed E-state index contributed by atoms with van der Waals surface area (Å²) in [5.74, 6) is -0.124. The fourth-order valence-electron chi connectivity index (χ4n) is 3.22. The largest absolute Gasteiger partial charge is 0.464 e. The number of nitrogens with one attached hydrogen (secondary N) is 1. The second-order valence-corrected chi connectivity index (χ2v) is 6.07. The van der Waals surface area contributed by atoms with Crippen LogP contribution in [0.4, 0.5) is 5.69 Å². The van der Waals surface area contributed by atoms with Crippen LogP contribution in [0, 0.1) is 6.92 Å². The number of anilines is 1. The molecule has 24 heavy (non-hydrogen) atoms. The number of nitrogens with zero attached hydrogens (tertiary/aromatic N) is 2. The quantitative estimate of drug-likeness (QED) is 0.865. The molecule has 0 bridgehead atoms. The Balaban J connectivity index is 1.83. The second kappa shape index (κ2) is 6.91. The molecule has 0 spiro atoms. The van der Waals surface area contributed by atoms with Gasteiger partial charge in [0, 0.05) is 23.5 Å². The molecule has 0 amide bonds. The molecule has 1 aromatic carbocycles. The molecule has 0 saturated carbocycles. The number of ether oxygens (including phenoxy) is 1. The Bertz CT molecular complexity index is 721. The Kier molecular flexibility index (Phi) is 4.69. The molecule has 0 aliphatic carbocycles. The van der Waals surface area contributed by atoms with Gasteiger partial charge in [0.1, 0.15) is 6.04 Å². The van der Waals surface area contributed by atoms with Crippen molar-refractivity contribution in [1.82, 2.24) is 5.43 Å². The van der Waals surface area contributed by atoms with Gasteiger partial charge in [0.15, 0.2) is 0 Å². The van der Waals surface area contributed by atoms with Crippen LogP contribution in [0.25, 0.3) is 0 Å². The first-order chi connectivity index (χ1) is 11.6. The minimum absolute atomic E-state index is 0.124. The van der Waals surface area contributed by atoms with Crippen LogP contribution in [-0.2, 0) is 9.53 Å². The van der Waals surface area contributed by atoms with E-state index in [-0.39, 0.29) is 12.0 Å². The lowest BCUT2D eigenvalue weighted by Crippen LogP contribution is -2.37. The number of hydrazone groups is 1. The van der Waals surface area contributed by atoms with Crippen LogP contribution in [0.1, 0.15) is 30.9 Å². The van der Waals surface area contributed by atoms with Gasteiger partial charge in [0.25, 0.3) is 0 Å². The Morgan fingerprint density at radius 2 is 2.29 bits per heavy atom. The molecule has 1 atom stereocenters. The average Bonchev–Trinajstić information content (AvgIpc) is 3.05. The third-order valence-corrected chi connectivity index (χ3v) is 4.38. The maximum atomic E-state index is 12.2. The van der Waals surface area contributed by atoms with Gasteiger partial charge in [0.2, 0.25) is 0 Å². The van der Waals surface area contributed by atoms with E-state index in [2.05, 4.69) is 41.1 Å². The van der Waals surface area contributed by atoms with Crippen molar-refractivity contribution in [2.45, 2.75) is 32.7 Å². The molecular weight excluding hydrogens is 302 g/mol. The van der Waals surface area contributed by atoms with Crippen LogP contribution in [0.15, 0.2) is 47.7 Å². The van der Waals surface area contributed by atoms with E-state index in [1.807, 2.05) is 25.1 Å². The molecule has 0 radical (unpaired) electrons. The maximum absolute atomic E-state index is 12.2. The van der Waals surface area contributed by atoms with Crippen LogP contribution in [-0.4, -0.2) is 30.9 Å². The molecule has 5 nitrogen and oxygen atoms in total. The zero-order chi connectivity index (χ0) is 17.1. The summed E-state index contributed by atoms with van der Waals surface area (Å²) in [6, 6.07) is 6.05. The van der Waals surface area contributed by atoms with E-state index >= 15 is 0 Å². The molecule has 0 aromatic heterocycles. The van der Waals surface area contributed by atoms with Gasteiger partial charge in [-0.2, -0.15) is 5.10 Å². The van der Waals surface area contributed by atoms with E-state index in [0.717, 1.165) is 47.6 Å². The van der Waals surface area contributed by atoms with E-state index in [0.29, 0.717) is 6.61 Å². The second-order valence-electron chi connectivity index (χ2n) is 6.07. The van der Waals surface area contributed by atoms with Gasteiger partial charge in [0.05, 0.1) is 12.3 Å².